The molecule has 7 heteroatoms. The summed E-state index contributed by atoms with van der Waals surface area (Å²) in [4.78, 5) is 27.9. The molecular weight excluding hydrogens is 467 g/mol. The maximum Gasteiger partial charge on any atom is 0.251 e. The minimum absolute atomic E-state index is 0.00600. The molecule has 1 aromatic heterocycles. The highest BCUT2D eigenvalue weighted by Crippen LogP contribution is 2.29. The molecule has 0 bridgehead atoms. The molecule has 37 heavy (non-hydrogen) atoms. The van der Waals surface area contributed by atoms with Gasteiger partial charge in [-0.15, -0.1) is 0 Å². The molecule has 194 valence electrons. The van der Waals surface area contributed by atoms with E-state index in [1.807, 2.05) is 36.5 Å². The van der Waals surface area contributed by atoms with E-state index >= 15 is 0 Å². The number of aromatic nitrogens is 2. The maximum atomic E-state index is 13.1. The van der Waals surface area contributed by atoms with Crippen LogP contribution in [0.5, 0.6) is 0 Å². The zero-order chi connectivity index (χ0) is 25.6. The summed E-state index contributed by atoms with van der Waals surface area (Å²) in [7, 11) is 0. The molecule has 1 saturated heterocycles. The van der Waals surface area contributed by atoms with Gasteiger partial charge in [0.1, 0.15) is 5.82 Å². The van der Waals surface area contributed by atoms with Gasteiger partial charge in [-0.2, -0.15) is 5.10 Å². The summed E-state index contributed by atoms with van der Waals surface area (Å²) in [5.74, 6) is 0.574. The van der Waals surface area contributed by atoms with E-state index in [2.05, 4.69) is 15.3 Å². The zero-order valence-electron chi connectivity index (χ0n) is 21.2. The number of hydrogen-bond donors (Lipinski definition) is 1. The van der Waals surface area contributed by atoms with Crippen molar-refractivity contribution in [2.45, 2.75) is 51.0 Å². The van der Waals surface area contributed by atoms with Crippen LogP contribution >= 0.6 is 0 Å². The number of halogens is 1. The molecule has 1 saturated carbocycles. The van der Waals surface area contributed by atoms with Crippen molar-refractivity contribution in [1.29, 1.82) is 0 Å². The number of carbonyl (C=O) groups excluding carboxylic acids is 2. The van der Waals surface area contributed by atoms with E-state index in [-0.39, 0.29) is 29.5 Å². The van der Waals surface area contributed by atoms with E-state index in [0.717, 1.165) is 63.8 Å². The summed E-state index contributed by atoms with van der Waals surface area (Å²) in [6.07, 6.45) is 10.9. The van der Waals surface area contributed by atoms with Gasteiger partial charge in [-0.1, -0.05) is 0 Å². The number of nitrogens with zero attached hydrogens (tertiary/aromatic N) is 3. The van der Waals surface area contributed by atoms with E-state index in [4.69, 9.17) is 0 Å². The van der Waals surface area contributed by atoms with Crippen LogP contribution in [0.4, 0.5) is 4.39 Å². The second-order valence-electron chi connectivity index (χ2n) is 10.5. The highest BCUT2D eigenvalue weighted by molar-refractivity contribution is 5.97. The number of piperidine rings is 1. The highest BCUT2D eigenvalue weighted by atomic mass is 19.1. The molecule has 3 aromatic rings. The van der Waals surface area contributed by atoms with Crippen LogP contribution in [-0.4, -0.2) is 52.0 Å². The monoisotopic (exact) mass is 502 g/mol. The molecule has 2 aromatic carbocycles. The number of Topliss-reactive ketones (excluding diaryl/α,β-unsaturated/α-hetero) is 1. The minimum atomic E-state index is -0.306. The van der Waals surface area contributed by atoms with Gasteiger partial charge in [0, 0.05) is 35.5 Å². The van der Waals surface area contributed by atoms with Gasteiger partial charge in [0.25, 0.3) is 5.91 Å². The van der Waals surface area contributed by atoms with E-state index in [1.165, 1.54) is 18.6 Å². The molecule has 0 spiro atoms. The van der Waals surface area contributed by atoms with Crippen LogP contribution in [-0.2, 0) is 0 Å². The summed E-state index contributed by atoms with van der Waals surface area (Å²) < 4.78 is 14.9. The molecule has 2 heterocycles. The van der Waals surface area contributed by atoms with Crippen LogP contribution in [0, 0.1) is 17.7 Å². The van der Waals surface area contributed by atoms with Gasteiger partial charge in [0.05, 0.1) is 5.69 Å². The van der Waals surface area contributed by atoms with Crippen molar-refractivity contribution in [3.63, 3.8) is 0 Å². The molecule has 1 aliphatic heterocycles. The van der Waals surface area contributed by atoms with Crippen LogP contribution in [0.1, 0.15) is 65.7 Å². The van der Waals surface area contributed by atoms with Gasteiger partial charge in [-0.25, -0.2) is 9.07 Å². The molecule has 0 radical (unpaired) electrons. The van der Waals surface area contributed by atoms with Crippen molar-refractivity contribution < 1.29 is 14.0 Å². The van der Waals surface area contributed by atoms with E-state index < -0.39 is 0 Å². The largest absolute Gasteiger partial charge is 0.349 e. The van der Waals surface area contributed by atoms with E-state index in [1.54, 1.807) is 23.0 Å². The normalized spacial score (nSPS) is 21.0. The lowest BCUT2D eigenvalue weighted by Crippen LogP contribution is -2.39. The second kappa shape index (κ2) is 11.8. The molecule has 0 atom stereocenters. The summed E-state index contributed by atoms with van der Waals surface area (Å²) >= 11 is 0. The van der Waals surface area contributed by atoms with Crippen LogP contribution < -0.4 is 5.32 Å². The number of ketones is 1. The molecule has 1 amide bonds. The summed E-state index contributed by atoms with van der Waals surface area (Å²) in [6.45, 7) is 2.96. The maximum absolute atomic E-state index is 13.1. The standard InChI is InChI=1S/C30H35FN4O2/c31-26-8-4-23(5-9-26)29(36)24-15-20-34(21-16-24)19-14-22-2-10-27(11-3-22)33-30(37)25-6-12-28(13-7-25)35-18-1-17-32-35/h1,4-9,12-13,17-18,22,24,27H,2-3,10-11,14-16,19-21H2,(H,33,37). The lowest BCUT2D eigenvalue weighted by molar-refractivity contribution is 0.0832. The Kier molecular flexibility index (Phi) is 8.09. The SMILES string of the molecule is O=C(NC1CCC(CCN2CCC(C(=O)c3ccc(F)cc3)CC2)CC1)c1ccc(-n2cccn2)cc1. The third-order valence-corrected chi connectivity index (χ3v) is 8.02. The Morgan fingerprint density at radius 1 is 0.892 bits per heavy atom. The van der Waals surface area contributed by atoms with Crippen LogP contribution in [0.3, 0.4) is 0 Å². The second-order valence-corrected chi connectivity index (χ2v) is 10.5. The van der Waals surface area contributed by atoms with Crippen molar-refractivity contribution >= 4 is 11.7 Å². The minimum Gasteiger partial charge on any atom is -0.349 e. The first-order valence-corrected chi connectivity index (χ1v) is 13.5. The van der Waals surface area contributed by atoms with Gasteiger partial charge in [0.2, 0.25) is 0 Å². The first kappa shape index (κ1) is 25.3. The van der Waals surface area contributed by atoms with Crippen molar-refractivity contribution in [1.82, 2.24) is 20.0 Å². The Bertz CT molecular complexity index is 1160. The third kappa shape index (κ3) is 6.52. The number of amides is 1. The highest BCUT2D eigenvalue weighted by Gasteiger charge is 2.27. The van der Waals surface area contributed by atoms with Crippen molar-refractivity contribution in [2.75, 3.05) is 19.6 Å². The first-order valence-electron chi connectivity index (χ1n) is 13.5. The number of likely N-dealkylation sites (tertiary alicyclic amines) is 1. The Balaban J connectivity index is 0.997. The Labute approximate surface area is 217 Å². The topological polar surface area (TPSA) is 67.2 Å². The molecular formula is C30H35FN4O2. The van der Waals surface area contributed by atoms with E-state index in [0.29, 0.717) is 17.0 Å². The average molecular weight is 503 g/mol. The summed E-state index contributed by atoms with van der Waals surface area (Å²) in [6, 6.07) is 15.6. The Hall–Kier alpha value is -3.32. The van der Waals surface area contributed by atoms with Crippen molar-refractivity contribution in [3.05, 3.63) is 83.9 Å². The van der Waals surface area contributed by atoms with Gasteiger partial charge in [-0.3, -0.25) is 9.59 Å². The van der Waals surface area contributed by atoms with Gasteiger partial charge < -0.3 is 10.2 Å². The number of hydrogen-bond acceptors (Lipinski definition) is 4. The number of nitrogens with one attached hydrogen (secondary N) is 1. The predicted molar refractivity (Wildman–Crippen MR) is 141 cm³/mol. The average Bonchev–Trinajstić information content (AvgIpc) is 3.48. The van der Waals surface area contributed by atoms with Gasteiger partial charge >= 0.3 is 0 Å². The molecule has 2 aliphatic rings. The summed E-state index contributed by atoms with van der Waals surface area (Å²) in [5.41, 5.74) is 2.24. The van der Waals surface area contributed by atoms with Crippen LogP contribution in [0.25, 0.3) is 5.69 Å². The molecule has 1 N–H and O–H groups in total. The van der Waals surface area contributed by atoms with Crippen LogP contribution in [0.2, 0.25) is 0 Å². The Morgan fingerprint density at radius 3 is 2.22 bits per heavy atom. The van der Waals surface area contributed by atoms with Crippen LogP contribution in [0.15, 0.2) is 67.0 Å². The molecule has 1 aliphatic carbocycles. The quantitative estimate of drug-likeness (QED) is 0.426. The van der Waals surface area contributed by atoms with Crippen molar-refractivity contribution in [3.8, 4) is 5.69 Å². The fourth-order valence-electron chi connectivity index (χ4n) is 5.69. The predicted octanol–water partition coefficient (Wildman–Crippen LogP) is 5.29. The third-order valence-electron chi connectivity index (χ3n) is 8.02. The Morgan fingerprint density at radius 2 is 1.57 bits per heavy atom. The smallest absolute Gasteiger partial charge is 0.251 e. The number of benzene rings is 2. The molecule has 5 rings (SSSR count). The fourth-order valence-corrected chi connectivity index (χ4v) is 5.69. The lowest BCUT2D eigenvalue weighted by atomic mass is 9.83. The first-order chi connectivity index (χ1) is 18.0. The van der Waals surface area contributed by atoms with Gasteiger partial charge in [0.15, 0.2) is 5.78 Å². The zero-order valence-corrected chi connectivity index (χ0v) is 21.2. The number of rotatable bonds is 8. The van der Waals surface area contributed by atoms with E-state index in [9.17, 15) is 14.0 Å². The molecule has 6 nitrogen and oxygen atoms in total. The number of carbonyl (C=O) groups is 2. The molecule has 0 unspecified atom stereocenters. The lowest BCUT2D eigenvalue weighted by Gasteiger charge is -2.34. The molecule has 2 fully saturated rings. The van der Waals surface area contributed by atoms with Crippen molar-refractivity contribution in [2.24, 2.45) is 11.8 Å². The fraction of sp³-hybridized carbons (Fsp3) is 0.433. The van der Waals surface area contributed by atoms with Gasteiger partial charge in [-0.05, 0) is 125 Å². The summed E-state index contributed by atoms with van der Waals surface area (Å²) in [5, 5.41) is 7.44.